The molecule has 4 rings (SSSR count). The molecule has 7 heteroatoms. The van der Waals surface area contributed by atoms with E-state index in [1.54, 1.807) is 37.3 Å². The van der Waals surface area contributed by atoms with Gasteiger partial charge in [0.25, 0.3) is 5.91 Å². The van der Waals surface area contributed by atoms with Crippen molar-refractivity contribution >= 4 is 16.9 Å². The summed E-state index contributed by atoms with van der Waals surface area (Å²) in [5.74, 6) is 1.06. The van der Waals surface area contributed by atoms with Gasteiger partial charge in [-0.25, -0.2) is 0 Å². The van der Waals surface area contributed by atoms with Crippen LogP contribution >= 0.6 is 0 Å². The largest absolute Gasteiger partial charge is 0.497 e. The fourth-order valence-corrected chi connectivity index (χ4v) is 4.30. The monoisotopic (exact) mass is 436 g/mol. The summed E-state index contributed by atoms with van der Waals surface area (Å²) in [4.78, 5) is 31.0. The van der Waals surface area contributed by atoms with Crippen LogP contribution in [0.15, 0.2) is 51.7 Å². The Balaban J connectivity index is 1.88. The lowest BCUT2D eigenvalue weighted by Crippen LogP contribution is -2.37. The maximum Gasteiger partial charge on any atom is 0.290 e. The Labute approximate surface area is 187 Å². The smallest absolute Gasteiger partial charge is 0.290 e. The van der Waals surface area contributed by atoms with Gasteiger partial charge in [0.1, 0.15) is 17.1 Å². The van der Waals surface area contributed by atoms with Crippen molar-refractivity contribution in [2.75, 3.05) is 40.4 Å². The first kappa shape index (κ1) is 21.9. The van der Waals surface area contributed by atoms with Gasteiger partial charge in [0, 0.05) is 19.2 Å². The molecule has 3 aromatic rings. The molecule has 1 aliphatic heterocycles. The zero-order valence-corrected chi connectivity index (χ0v) is 18.9. The van der Waals surface area contributed by atoms with Crippen LogP contribution < -0.4 is 14.9 Å². The molecule has 0 saturated carbocycles. The Kier molecular flexibility index (Phi) is 6.19. The number of hydrogen-bond acceptors (Lipinski definition) is 6. The fourth-order valence-electron chi connectivity index (χ4n) is 4.30. The summed E-state index contributed by atoms with van der Waals surface area (Å²) >= 11 is 0. The van der Waals surface area contributed by atoms with Crippen LogP contribution in [0, 0.1) is 0 Å². The maximum atomic E-state index is 13.6. The van der Waals surface area contributed by atoms with E-state index in [0.717, 1.165) is 18.7 Å². The molecule has 1 aromatic heterocycles. The zero-order chi connectivity index (χ0) is 22.8. The average Bonchev–Trinajstić information content (AvgIpc) is 3.11. The third-order valence-electron chi connectivity index (χ3n) is 6.14. The molecule has 32 heavy (non-hydrogen) atoms. The second-order valence-corrected chi connectivity index (χ2v) is 7.74. The molecule has 0 spiro atoms. The Morgan fingerprint density at radius 2 is 1.72 bits per heavy atom. The molecular weight excluding hydrogens is 408 g/mol. The molecule has 2 aromatic carbocycles. The standard InChI is InChI=1S/C25H28N2O5/c1-5-26(6-2)12-13-27-22(16-8-7-9-17(14-16)30-3)21-23(28)19-11-10-18(31-4)15-20(19)32-24(21)25(27)29/h7-11,14-15,22H,5-6,12-13H2,1-4H3/t22-/m0/s1. The Hall–Kier alpha value is -3.32. The van der Waals surface area contributed by atoms with Crippen LogP contribution in [0.3, 0.4) is 0 Å². The van der Waals surface area contributed by atoms with Crippen molar-refractivity contribution in [3.8, 4) is 11.5 Å². The number of fused-ring (bicyclic) bond motifs is 2. The number of benzene rings is 2. The average molecular weight is 437 g/mol. The number of ether oxygens (including phenoxy) is 2. The summed E-state index contributed by atoms with van der Waals surface area (Å²) < 4.78 is 16.7. The number of carbonyl (C=O) groups is 1. The third-order valence-corrected chi connectivity index (χ3v) is 6.14. The highest BCUT2D eigenvalue weighted by atomic mass is 16.5. The fraction of sp³-hybridized carbons (Fsp3) is 0.360. The van der Waals surface area contributed by atoms with Crippen molar-refractivity contribution in [3.63, 3.8) is 0 Å². The Morgan fingerprint density at radius 3 is 2.41 bits per heavy atom. The minimum absolute atomic E-state index is 0.100. The van der Waals surface area contributed by atoms with Gasteiger partial charge in [0.15, 0.2) is 5.43 Å². The van der Waals surface area contributed by atoms with Gasteiger partial charge in [0.2, 0.25) is 5.76 Å². The van der Waals surface area contributed by atoms with Crippen LogP contribution in [-0.4, -0.2) is 56.1 Å². The Bertz CT molecular complexity index is 1200. The molecule has 0 radical (unpaired) electrons. The number of amides is 1. The first-order chi connectivity index (χ1) is 15.5. The molecule has 1 aliphatic rings. The first-order valence-corrected chi connectivity index (χ1v) is 10.8. The van der Waals surface area contributed by atoms with Crippen molar-refractivity contribution in [2.45, 2.75) is 19.9 Å². The van der Waals surface area contributed by atoms with E-state index in [2.05, 4.69) is 18.7 Å². The number of carbonyl (C=O) groups excluding carboxylic acids is 1. The van der Waals surface area contributed by atoms with Crippen LogP contribution in [0.25, 0.3) is 11.0 Å². The van der Waals surface area contributed by atoms with E-state index in [9.17, 15) is 9.59 Å². The molecule has 0 unspecified atom stereocenters. The van der Waals surface area contributed by atoms with Crippen molar-refractivity contribution < 1.29 is 18.7 Å². The van der Waals surface area contributed by atoms with Crippen molar-refractivity contribution in [1.82, 2.24) is 9.80 Å². The highest BCUT2D eigenvalue weighted by Gasteiger charge is 2.42. The van der Waals surface area contributed by atoms with Gasteiger partial charge >= 0.3 is 0 Å². The van der Waals surface area contributed by atoms with Crippen LogP contribution in [0.1, 0.15) is 41.6 Å². The van der Waals surface area contributed by atoms with Gasteiger partial charge in [-0.1, -0.05) is 26.0 Å². The minimum Gasteiger partial charge on any atom is -0.497 e. The molecule has 0 aliphatic carbocycles. The lowest BCUT2D eigenvalue weighted by molar-refractivity contribution is 0.0708. The van der Waals surface area contributed by atoms with Crippen LogP contribution in [0.4, 0.5) is 0 Å². The predicted molar refractivity (Wildman–Crippen MR) is 123 cm³/mol. The van der Waals surface area contributed by atoms with Gasteiger partial charge in [-0.2, -0.15) is 0 Å². The van der Waals surface area contributed by atoms with Crippen molar-refractivity contribution in [2.24, 2.45) is 0 Å². The summed E-state index contributed by atoms with van der Waals surface area (Å²) in [6, 6.07) is 12.0. The van der Waals surface area contributed by atoms with Crippen molar-refractivity contribution in [1.29, 1.82) is 0 Å². The lowest BCUT2D eigenvalue weighted by atomic mass is 9.98. The van der Waals surface area contributed by atoms with E-state index in [0.29, 0.717) is 41.1 Å². The van der Waals surface area contributed by atoms with E-state index in [1.807, 2.05) is 24.3 Å². The topological polar surface area (TPSA) is 72.2 Å². The molecule has 7 nitrogen and oxygen atoms in total. The Morgan fingerprint density at radius 1 is 1.00 bits per heavy atom. The van der Waals surface area contributed by atoms with Crippen molar-refractivity contribution in [3.05, 3.63) is 69.6 Å². The van der Waals surface area contributed by atoms with E-state index >= 15 is 0 Å². The van der Waals surface area contributed by atoms with E-state index < -0.39 is 6.04 Å². The second kappa shape index (κ2) is 9.04. The summed E-state index contributed by atoms with van der Waals surface area (Å²) in [5, 5.41) is 0.427. The van der Waals surface area contributed by atoms with Gasteiger partial charge in [-0.05, 0) is 42.9 Å². The third kappa shape index (κ3) is 3.73. The minimum atomic E-state index is -0.536. The molecule has 0 saturated heterocycles. The maximum absolute atomic E-state index is 13.6. The number of hydrogen-bond donors (Lipinski definition) is 0. The molecule has 1 atom stereocenters. The zero-order valence-electron chi connectivity index (χ0n) is 18.9. The molecule has 0 fully saturated rings. The highest BCUT2D eigenvalue weighted by Crippen LogP contribution is 2.39. The molecule has 168 valence electrons. The molecule has 0 N–H and O–H groups in total. The first-order valence-electron chi connectivity index (χ1n) is 10.8. The van der Waals surface area contributed by atoms with E-state index in [-0.39, 0.29) is 17.1 Å². The second-order valence-electron chi connectivity index (χ2n) is 7.74. The van der Waals surface area contributed by atoms with Crippen LogP contribution in [0.2, 0.25) is 0 Å². The van der Waals surface area contributed by atoms with Gasteiger partial charge in [0.05, 0.1) is 31.2 Å². The SMILES string of the molecule is CCN(CC)CCN1C(=O)c2oc3cc(OC)ccc3c(=O)c2[C@@H]1c1cccc(OC)c1. The van der Waals surface area contributed by atoms with E-state index in [4.69, 9.17) is 13.9 Å². The van der Waals surface area contributed by atoms with Crippen LogP contribution in [-0.2, 0) is 0 Å². The molecule has 1 amide bonds. The molecular formula is C25H28N2O5. The quantitative estimate of drug-likeness (QED) is 0.536. The number of likely N-dealkylation sites (N-methyl/N-ethyl adjacent to an activating group) is 1. The normalized spacial score (nSPS) is 15.5. The molecule has 2 heterocycles. The van der Waals surface area contributed by atoms with Crippen LogP contribution in [0.5, 0.6) is 11.5 Å². The summed E-state index contributed by atoms with van der Waals surface area (Å²) in [6.07, 6.45) is 0. The van der Waals surface area contributed by atoms with Gasteiger partial charge in [-0.15, -0.1) is 0 Å². The lowest BCUT2D eigenvalue weighted by Gasteiger charge is -2.28. The summed E-state index contributed by atoms with van der Waals surface area (Å²) in [7, 11) is 3.14. The van der Waals surface area contributed by atoms with Gasteiger partial charge in [-0.3, -0.25) is 9.59 Å². The predicted octanol–water partition coefficient (Wildman–Crippen LogP) is 3.70. The highest BCUT2D eigenvalue weighted by molar-refractivity contribution is 5.99. The van der Waals surface area contributed by atoms with Gasteiger partial charge < -0.3 is 23.7 Å². The summed E-state index contributed by atoms with van der Waals surface area (Å²) in [6.45, 7) is 7.14. The molecule has 0 bridgehead atoms. The van der Waals surface area contributed by atoms with E-state index in [1.165, 1.54) is 0 Å². The number of nitrogens with zero attached hydrogens (tertiary/aromatic N) is 2. The number of methoxy groups -OCH3 is 2. The number of rotatable bonds is 8. The summed E-state index contributed by atoms with van der Waals surface area (Å²) in [5.41, 5.74) is 1.34.